The Balaban J connectivity index is 2.70. The molecule has 0 radical (unpaired) electrons. The van der Waals surface area contributed by atoms with Crippen molar-refractivity contribution in [2.75, 3.05) is 7.05 Å². The number of rotatable bonds is 2. The second-order valence-electron chi connectivity index (χ2n) is 3.24. The van der Waals surface area contributed by atoms with Gasteiger partial charge in [-0.15, -0.1) is 0 Å². The van der Waals surface area contributed by atoms with E-state index in [4.69, 9.17) is 5.73 Å². The van der Waals surface area contributed by atoms with Crippen LogP contribution in [0.1, 0.15) is 12.8 Å². The molecule has 0 spiro atoms. The van der Waals surface area contributed by atoms with Crippen LogP contribution in [0.25, 0.3) is 0 Å². The van der Waals surface area contributed by atoms with E-state index in [1.54, 1.807) is 6.20 Å². The van der Waals surface area contributed by atoms with Gasteiger partial charge in [0.25, 0.3) is 0 Å². The Morgan fingerprint density at radius 2 is 2.31 bits per heavy atom. The molecule has 1 heterocycles. The van der Waals surface area contributed by atoms with Crippen LogP contribution in [0, 0.1) is 0 Å². The van der Waals surface area contributed by atoms with Gasteiger partial charge in [0.05, 0.1) is 5.71 Å². The number of aliphatic imine (C=N–C) groups is 2. The van der Waals surface area contributed by atoms with Gasteiger partial charge < -0.3 is 11.1 Å². The van der Waals surface area contributed by atoms with Gasteiger partial charge in [-0.3, -0.25) is 9.98 Å². The fourth-order valence-corrected chi connectivity index (χ4v) is 1.19. The molecule has 0 saturated heterocycles. The number of alkyl halides is 3. The summed E-state index contributed by atoms with van der Waals surface area (Å²) >= 11 is 0. The normalized spacial score (nSPS) is 19.3. The van der Waals surface area contributed by atoms with E-state index in [9.17, 15) is 13.2 Å². The van der Waals surface area contributed by atoms with Crippen molar-refractivity contribution in [1.29, 1.82) is 0 Å². The minimum absolute atomic E-state index is 0.0918. The van der Waals surface area contributed by atoms with Crippen molar-refractivity contribution in [3.8, 4) is 0 Å². The molecule has 1 aliphatic rings. The predicted octanol–water partition coefficient (Wildman–Crippen LogP) is 1.20. The standard InChI is InChI=1S/C9H13F3N4/c1-14-7(6-4-2-3-5-15-6)16-8(13)9(10,11)12/h3,5,8H,2,4,13H2,1H3,(H,14,16). The Labute approximate surface area is 91.1 Å². The third-order valence-electron chi connectivity index (χ3n) is 2.03. The summed E-state index contributed by atoms with van der Waals surface area (Å²) < 4.78 is 36.7. The van der Waals surface area contributed by atoms with Crippen LogP contribution in [0.3, 0.4) is 0 Å². The van der Waals surface area contributed by atoms with Crippen LogP contribution in [0.2, 0.25) is 0 Å². The smallest absolute Gasteiger partial charge is 0.346 e. The molecule has 0 saturated carbocycles. The van der Waals surface area contributed by atoms with Crippen LogP contribution >= 0.6 is 0 Å². The monoisotopic (exact) mass is 234 g/mol. The lowest BCUT2D eigenvalue weighted by Gasteiger charge is -2.20. The molecule has 0 aliphatic carbocycles. The predicted molar refractivity (Wildman–Crippen MR) is 56.3 cm³/mol. The Hall–Kier alpha value is -1.37. The number of halogens is 3. The van der Waals surface area contributed by atoms with E-state index in [-0.39, 0.29) is 5.84 Å². The minimum atomic E-state index is -4.50. The highest BCUT2D eigenvalue weighted by atomic mass is 19.4. The first kappa shape index (κ1) is 12.7. The van der Waals surface area contributed by atoms with Gasteiger partial charge in [0.1, 0.15) is 5.84 Å². The largest absolute Gasteiger partial charge is 0.421 e. The van der Waals surface area contributed by atoms with Gasteiger partial charge in [-0.1, -0.05) is 6.08 Å². The maximum absolute atomic E-state index is 12.2. The molecule has 0 aromatic rings. The number of nitrogens with two attached hydrogens (primary N) is 1. The molecule has 0 aromatic heterocycles. The van der Waals surface area contributed by atoms with Crippen LogP contribution in [0.4, 0.5) is 13.2 Å². The average molecular weight is 234 g/mol. The summed E-state index contributed by atoms with van der Waals surface area (Å²) in [6.07, 6.45) is -1.95. The van der Waals surface area contributed by atoms with Crippen LogP contribution in [-0.2, 0) is 0 Å². The fourth-order valence-electron chi connectivity index (χ4n) is 1.19. The van der Waals surface area contributed by atoms with Crippen molar-refractivity contribution in [3.05, 3.63) is 12.3 Å². The first-order chi connectivity index (χ1) is 7.45. The molecule has 1 atom stereocenters. The molecule has 16 heavy (non-hydrogen) atoms. The van der Waals surface area contributed by atoms with E-state index in [1.165, 1.54) is 7.05 Å². The molecule has 1 rings (SSSR count). The number of hydrogen-bond donors (Lipinski definition) is 2. The van der Waals surface area contributed by atoms with Gasteiger partial charge in [0, 0.05) is 13.2 Å². The van der Waals surface area contributed by atoms with Crippen molar-refractivity contribution in [1.82, 2.24) is 5.32 Å². The van der Waals surface area contributed by atoms with Crippen molar-refractivity contribution in [3.63, 3.8) is 0 Å². The second kappa shape index (κ2) is 5.11. The molecular weight excluding hydrogens is 221 g/mol. The lowest BCUT2D eigenvalue weighted by molar-refractivity contribution is -0.150. The maximum atomic E-state index is 12.2. The summed E-state index contributed by atoms with van der Waals surface area (Å²) in [4.78, 5) is 7.68. The van der Waals surface area contributed by atoms with Crippen molar-refractivity contribution >= 4 is 11.5 Å². The van der Waals surface area contributed by atoms with Crippen molar-refractivity contribution < 1.29 is 13.2 Å². The zero-order valence-corrected chi connectivity index (χ0v) is 8.75. The zero-order chi connectivity index (χ0) is 12.2. The lowest BCUT2D eigenvalue weighted by Crippen LogP contribution is -2.53. The first-order valence-corrected chi connectivity index (χ1v) is 4.73. The summed E-state index contributed by atoms with van der Waals surface area (Å²) in [7, 11) is 1.40. The summed E-state index contributed by atoms with van der Waals surface area (Å²) in [6, 6.07) is 0. The highest BCUT2D eigenvalue weighted by Gasteiger charge is 2.37. The SMILES string of the molecule is CN=C(NC(N)C(F)(F)F)C1=NC=CCC1. The molecule has 1 aliphatic heterocycles. The van der Waals surface area contributed by atoms with E-state index in [1.807, 2.05) is 6.08 Å². The number of hydrogen-bond acceptors (Lipinski definition) is 3. The molecule has 1 unspecified atom stereocenters. The first-order valence-electron chi connectivity index (χ1n) is 4.73. The molecule has 0 amide bonds. The summed E-state index contributed by atoms with van der Waals surface area (Å²) in [5.74, 6) is 0.0918. The Bertz CT molecular complexity index is 330. The van der Waals surface area contributed by atoms with Gasteiger partial charge in [0.15, 0.2) is 6.17 Å². The van der Waals surface area contributed by atoms with Gasteiger partial charge in [-0.2, -0.15) is 13.2 Å². The van der Waals surface area contributed by atoms with Crippen LogP contribution in [0.15, 0.2) is 22.3 Å². The molecular formula is C9H13F3N4. The number of nitrogens with zero attached hydrogens (tertiary/aromatic N) is 2. The van der Waals surface area contributed by atoms with E-state index < -0.39 is 12.3 Å². The Morgan fingerprint density at radius 1 is 1.62 bits per heavy atom. The topological polar surface area (TPSA) is 62.8 Å². The van der Waals surface area contributed by atoms with E-state index in [0.29, 0.717) is 12.1 Å². The molecule has 90 valence electrons. The maximum Gasteiger partial charge on any atom is 0.421 e. The Kier molecular flexibility index (Phi) is 4.05. The fraction of sp³-hybridized carbons (Fsp3) is 0.556. The zero-order valence-electron chi connectivity index (χ0n) is 8.75. The van der Waals surface area contributed by atoms with Gasteiger partial charge in [-0.05, 0) is 12.8 Å². The number of amidine groups is 1. The molecule has 0 fully saturated rings. The quantitative estimate of drug-likeness (QED) is 0.428. The van der Waals surface area contributed by atoms with E-state index >= 15 is 0 Å². The summed E-state index contributed by atoms with van der Waals surface area (Å²) in [5.41, 5.74) is 5.43. The second-order valence-corrected chi connectivity index (χ2v) is 3.24. The van der Waals surface area contributed by atoms with Gasteiger partial charge in [0.2, 0.25) is 0 Å². The van der Waals surface area contributed by atoms with E-state index in [2.05, 4.69) is 15.3 Å². The molecule has 0 aromatic carbocycles. The lowest BCUT2D eigenvalue weighted by atomic mass is 10.1. The average Bonchev–Trinajstić information content (AvgIpc) is 2.25. The Morgan fingerprint density at radius 3 is 2.75 bits per heavy atom. The molecule has 4 nitrogen and oxygen atoms in total. The van der Waals surface area contributed by atoms with Crippen LogP contribution in [0.5, 0.6) is 0 Å². The highest BCUT2D eigenvalue weighted by molar-refractivity contribution is 6.41. The van der Waals surface area contributed by atoms with Crippen LogP contribution in [-0.4, -0.2) is 30.9 Å². The third-order valence-corrected chi connectivity index (χ3v) is 2.03. The van der Waals surface area contributed by atoms with Crippen molar-refractivity contribution in [2.45, 2.75) is 25.2 Å². The number of allylic oxidation sites excluding steroid dienone is 1. The molecule has 7 heteroatoms. The molecule has 0 bridgehead atoms. The summed E-state index contributed by atoms with van der Waals surface area (Å²) in [5, 5.41) is 2.11. The third kappa shape index (κ3) is 3.34. The van der Waals surface area contributed by atoms with Gasteiger partial charge >= 0.3 is 6.18 Å². The van der Waals surface area contributed by atoms with Crippen LogP contribution < -0.4 is 11.1 Å². The number of nitrogens with one attached hydrogen (secondary N) is 1. The van der Waals surface area contributed by atoms with Gasteiger partial charge in [-0.25, -0.2) is 0 Å². The molecule has 3 N–H and O–H groups in total. The summed E-state index contributed by atoms with van der Waals surface area (Å²) in [6.45, 7) is 0. The highest BCUT2D eigenvalue weighted by Crippen LogP contribution is 2.16. The van der Waals surface area contributed by atoms with Crippen molar-refractivity contribution in [2.24, 2.45) is 15.7 Å². The van der Waals surface area contributed by atoms with E-state index in [0.717, 1.165) is 6.42 Å². The minimum Gasteiger partial charge on any atom is -0.346 e.